The van der Waals surface area contributed by atoms with E-state index < -0.39 is 0 Å². The number of ketones is 1. The lowest BCUT2D eigenvalue weighted by Crippen LogP contribution is -2.40. The minimum Gasteiger partial charge on any atom is -0.450 e. The summed E-state index contributed by atoms with van der Waals surface area (Å²) in [6.07, 6.45) is 2.70. The summed E-state index contributed by atoms with van der Waals surface area (Å²) in [5, 5.41) is 0. The molecule has 1 aliphatic rings. The maximum Gasteiger partial charge on any atom is 0.409 e. The van der Waals surface area contributed by atoms with E-state index in [9.17, 15) is 9.59 Å². The van der Waals surface area contributed by atoms with Gasteiger partial charge in [0.15, 0.2) is 5.78 Å². The van der Waals surface area contributed by atoms with Gasteiger partial charge in [-0.3, -0.25) is 9.79 Å². The third-order valence-electron chi connectivity index (χ3n) is 2.46. The zero-order chi connectivity index (χ0) is 12.0. The van der Waals surface area contributed by atoms with Gasteiger partial charge in [0.05, 0.1) is 18.9 Å². The molecule has 1 rings (SSSR count). The van der Waals surface area contributed by atoms with Crippen molar-refractivity contribution in [3.05, 3.63) is 0 Å². The fraction of sp³-hybridized carbons (Fsp3) is 0.727. The number of amides is 1. The Kier molecular flexibility index (Phi) is 4.95. The van der Waals surface area contributed by atoms with Gasteiger partial charge in [0, 0.05) is 20.0 Å². The Hall–Kier alpha value is -1.39. The van der Waals surface area contributed by atoms with E-state index in [1.807, 2.05) is 0 Å². The van der Waals surface area contributed by atoms with E-state index in [1.165, 1.54) is 13.1 Å². The minimum absolute atomic E-state index is 0.0344. The number of rotatable bonds is 3. The average molecular weight is 226 g/mol. The number of piperidine rings is 1. The summed E-state index contributed by atoms with van der Waals surface area (Å²) < 4.78 is 4.91. The molecule has 0 aromatic carbocycles. The molecule has 0 N–H and O–H groups in total. The lowest BCUT2D eigenvalue weighted by Gasteiger charge is -2.29. The number of ether oxygens (including phenoxy) is 1. The topological polar surface area (TPSA) is 59.0 Å². The van der Waals surface area contributed by atoms with Crippen LogP contribution < -0.4 is 0 Å². The minimum atomic E-state index is -0.253. The van der Waals surface area contributed by atoms with Crippen molar-refractivity contribution in [2.45, 2.75) is 32.7 Å². The average Bonchev–Trinajstić information content (AvgIpc) is 2.27. The van der Waals surface area contributed by atoms with Crippen LogP contribution in [0.1, 0.15) is 26.7 Å². The molecule has 0 aromatic rings. The van der Waals surface area contributed by atoms with Crippen molar-refractivity contribution in [1.82, 2.24) is 4.90 Å². The Morgan fingerprint density at radius 2 is 2.06 bits per heavy atom. The van der Waals surface area contributed by atoms with E-state index in [-0.39, 0.29) is 17.9 Å². The van der Waals surface area contributed by atoms with E-state index in [0.717, 1.165) is 12.8 Å². The number of likely N-dealkylation sites (tertiary alicyclic amines) is 1. The molecule has 1 amide bonds. The highest BCUT2D eigenvalue weighted by Gasteiger charge is 2.22. The number of carbonyl (C=O) groups is 2. The number of nitrogens with zero attached hydrogens (tertiary/aromatic N) is 2. The fourth-order valence-corrected chi connectivity index (χ4v) is 1.62. The zero-order valence-electron chi connectivity index (χ0n) is 9.81. The molecule has 0 unspecified atom stereocenters. The van der Waals surface area contributed by atoms with Crippen molar-refractivity contribution in [3.63, 3.8) is 0 Å². The van der Waals surface area contributed by atoms with E-state index in [1.54, 1.807) is 11.8 Å². The van der Waals surface area contributed by atoms with E-state index >= 15 is 0 Å². The van der Waals surface area contributed by atoms with Crippen molar-refractivity contribution in [1.29, 1.82) is 0 Å². The number of aliphatic imine (C=N–C) groups is 1. The van der Waals surface area contributed by atoms with Crippen molar-refractivity contribution in [2.24, 2.45) is 4.99 Å². The highest BCUT2D eigenvalue weighted by molar-refractivity contribution is 6.26. The van der Waals surface area contributed by atoms with E-state index in [0.29, 0.717) is 19.7 Å². The first-order valence-corrected chi connectivity index (χ1v) is 5.59. The first kappa shape index (κ1) is 12.7. The van der Waals surface area contributed by atoms with Gasteiger partial charge in [-0.1, -0.05) is 0 Å². The maximum atomic E-state index is 11.4. The summed E-state index contributed by atoms with van der Waals surface area (Å²) in [7, 11) is 0. The van der Waals surface area contributed by atoms with Crippen molar-refractivity contribution >= 4 is 18.1 Å². The number of hydrogen-bond donors (Lipinski definition) is 0. The largest absolute Gasteiger partial charge is 0.450 e. The molecule has 90 valence electrons. The van der Waals surface area contributed by atoms with Crippen LogP contribution in [0.5, 0.6) is 0 Å². The van der Waals surface area contributed by atoms with Gasteiger partial charge in [-0.25, -0.2) is 4.79 Å². The lowest BCUT2D eigenvalue weighted by atomic mass is 10.1. The quantitative estimate of drug-likeness (QED) is 0.681. The second-order valence-corrected chi connectivity index (χ2v) is 3.81. The van der Waals surface area contributed by atoms with Gasteiger partial charge in [-0.2, -0.15) is 0 Å². The van der Waals surface area contributed by atoms with E-state index in [4.69, 9.17) is 4.74 Å². The summed E-state index contributed by atoms with van der Waals surface area (Å²) in [6.45, 7) is 4.98. The highest BCUT2D eigenvalue weighted by atomic mass is 16.6. The predicted molar refractivity (Wildman–Crippen MR) is 60.8 cm³/mol. The molecular formula is C11H18N2O3. The van der Waals surface area contributed by atoms with Crippen LogP contribution >= 0.6 is 0 Å². The smallest absolute Gasteiger partial charge is 0.409 e. The SMILES string of the molecule is CCOC(=O)N1CCC(/N=C/C(C)=O)CC1. The molecule has 16 heavy (non-hydrogen) atoms. The molecule has 1 fully saturated rings. The van der Waals surface area contributed by atoms with Crippen molar-refractivity contribution in [2.75, 3.05) is 19.7 Å². The molecule has 0 aromatic heterocycles. The van der Waals surface area contributed by atoms with Crippen LogP contribution in [-0.2, 0) is 9.53 Å². The molecule has 5 heteroatoms. The monoisotopic (exact) mass is 226 g/mol. The first-order valence-electron chi connectivity index (χ1n) is 5.59. The summed E-state index contributed by atoms with van der Waals surface area (Å²) in [6, 6.07) is 0.162. The third-order valence-corrected chi connectivity index (χ3v) is 2.46. The molecule has 0 spiro atoms. The zero-order valence-corrected chi connectivity index (χ0v) is 9.81. The molecule has 1 aliphatic heterocycles. The third kappa shape index (κ3) is 4.00. The Morgan fingerprint density at radius 3 is 2.56 bits per heavy atom. The standard InChI is InChI=1S/C11H18N2O3/c1-3-16-11(15)13-6-4-10(5-7-13)12-8-9(2)14/h8,10H,3-7H2,1-2H3/b12-8+. The second-order valence-electron chi connectivity index (χ2n) is 3.81. The van der Waals surface area contributed by atoms with Gasteiger partial charge in [0.2, 0.25) is 0 Å². The first-order chi connectivity index (χ1) is 7.63. The van der Waals surface area contributed by atoms with Crippen LogP contribution in [-0.4, -0.2) is 48.7 Å². The van der Waals surface area contributed by atoms with Crippen LogP contribution in [0.2, 0.25) is 0 Å². The van der Waals surface area contributed by atoms with Crippen LogP contribution in [0, 0.1) is 0 Å². The second kappa shape index (κ2) is 6.25. The predicted octanol–water partition coefficient (Wildman–Crippen LogP) is 1.27. The summed E-state index contributed by atoms with van der Waals surface area (Å²) >= 11 is 0. The molecule has 1 saturated heterocycles. The Balaban J connectivity index is 2.33. The molecule has 0 radical (unpaired) electrons. The summed E-state index contributed by atoms with van der Waals surface area (Å²) in [5.41, 5.74) is 0. The molecule has 0 atom stereocenters. The molecule has 0 aliphatic carbocycles. The highest BCUT2D eigenvalue weighted by Crippen LogP contribution is 2.14. The number of Topliss-reactive ketones (excluding diaryl/α,β-unsaturated/α-hetero) is 1. The van der Waals surface area contributed by atoms with E-state index in [2.05, 4.69) is 4.99 Å². The van der Waals surface area contributed by atoms with Gasteiger partial charge in [0.25, 0.3) is 0 Å². The molecule has 0 bridgehead atoms. The van der Waals surface area contributed by atoms with Gasteiger partial charge < -0.3 is 9.64 Å². The van der Waals surface area contributed by atoms with Crippen LogP contribution in [0.3, 0.4) is 0 Å². The Bertz CT molecular complexity index is 281. The van der Waals surface area contributed by atoms with Crippen molar-refractivity contribution < 1.29 is 14.3 Å². The van der Waals surface area contributed by atoms with Crippen LogP contribution in [0.15, 0.2) is 4.99 Å². The van der Waals surface area contributed by atoms with Crippen LogP contribution in [0.4, 0.5) is 4.79 Å². The lowest BCUT2D eigenvalue weighted by molar-refractivity contribution is -0.110. The van der Waals surface area contributed by atoms with Gasteiger partial charge in [-0.15, -0.1) is 0 Å². The van der Waals surface area contributed by atoms with Crippen molar-refractivity contribution in [3.8, 4) is 0 Å². The normalized spacial score (nSPS) is 17.8. The molecule has 0 saturated carbocycles. The van der Waals surface area contributed by atoms with Gasteiger partial charge in [-0.05, 0) is 19.8 Å². The summed E-state index contributed by atoms with van der Waals surface area (Å²) in [5.74, 6) is -0.0344. The fourth-order valence-electron chi connectivity index (χ4n) is 1.62. The van der Waals surface area contributed by atoms with Gasteiger partial charge in [0.1, 0.15) is 0 Å². The Morgan fingerprint density at radius 1 is 1.44 bits per heavy atom. The molecular weight excluding hydrogens is 208 g/mol. The number of hydrogen-bond acceptors (Lipinski definition) is 4. The van der Waals surface area contributed by atoms with Gasteiger partial charge >= 0.3 is 6.09 Å². The summed E-state index contributed by atoms with van der Waals surface area (Å²) in [4.78, 5) is 27.9. The number of carbonyl (C=O) groups excluding carboxylic acids is 2. The Labute approximate surface area is 95.5 Å². The molecule has 1 heterocycles. The molecule has 5 nitrogen and oxygen atoms in total. The maximum absolute atomic E-state index is 11.4. The van der Waals surface area contributed by atoms with Crippen LogP contribution in [0.25, 0.3) is 0 Å².